The first-order valence-electron chi connectivity index (χ1n) is 7.16. The molecule has 120 valence electrons. The Balaban J connectivity index is 2.20. The van der Waals surface area contributed by atoms with E-state index in [0.29, 0.717) is 11.6 Å². The summed E-state index contributed by atoms with van der Waals surface area (Å²) >= 11 is 7.26. The summed E-state index contributed by atoms with van der Waals surface area (Å²) in [5.41, 5.74) is 0.828. The molecular weight excluding hydrogens is 332 g/mol. The van der Waals surface area contributed by atoms with Crippen LogP contribution in [-0.2, 0) is 4.79 Å². The molecule has 0 saturated carbocycles. The van der Waals surface area contributed by atoms with Crippen molar-refractivity contribution in [1.82, 2.24) is 10.6 Å². The molecule has 0 aromatic heterocycles. The minimum atomic E-state index is -0.528. The topological polar surface area (TPSA) is 58.2 Å². The van der Waals surface area contributed by atoms with E-state index in [9.17, 15) is 9.59 Å². The third kappa shape index (κ3) is 5.30. The van der Waals surface area contributed by atoms with Gasteiger partial charge in [0.05, 0.1) is 0 Å². The number of hydrogen-bond donors (Lipinski definition) is 2. The second kappa shape index (κ2) is 8.60. The lowest BCUT2D eigenvalue weighted by atomic mass is 10.1. The smallest absolute Gasteiger partial charge is 0.321 e. The summed E-state index contributed by atoms with van der Waals surface area (Å²) in [6, 6.07) is 16.1. The number of benzene rings is 2. The summed E-state index contributed by atoms with van der Waals surface area (Å²) in [4.78, 5) is 25.0. The van der Waals surface area contributed by atoms with Gasteiger partial charge in [-0.05, 0) is 36.8 Å². The quantitative estimate of drug-likeness (QED) is 0.802. The van der Waals surface area contributed by atoms with Crippen LogP contribution >= 0.6 is 23.4 Å². The van der Waals surface area contributed by atoms with Crippen LogP contribution in [0, 0.1) is 0 Å². The molecule has 0 fully saturated rings. The first-order valence-corrected chi connectivity index (χ1v) is 8.41. The Morgan fingerprint density at radius 3 is 2.35 bits per heavy atom. The number of amides is 3. The minimum Gasteiger partial charge on any atom is -0.338 e. The molecular formula is C17H17ClN2O2S. The molecule has 6 heteroatoms. The molecule has 4 nitrogen and oxygen atoms in total. The van der Waals surface area contributed by atoms with Gasteiger partial charge in [-0.3, -0.25) is 10.1 Å². The molecule has 0 saturated heterocycles. The van der Waals surface area contributed by atoms with Gasteiger partial charge in [-0.15, -0.1) is 11.8 Å². The summed E-state index contributed by atoms with van der Waals surface area (Å²) in [5.74, 6) is -0.359. The number of carbonyl (C=O) groups is 2. The summed E-state index contributed by atoms with van der Waals surface area (Å²) in [6.07, 6.45) is 0. The van der Waals surface area contributed by atoms with Gasteiger partial charge in [-0.1, -0.05) is 41.9 Å². The van der Waals surface area contributed by atoms with Crippen LogP contribution in [0.5, 0.6) is 0 Å². The van der Waals surface area contributed by atoms with Gasteiger partial charge in [-0.2, -0.15) is 0 Å². The molecule has 2 aromatic rings. The van der Waals surface area contributed by atoms with E-state index in [0.717, 1.165) is 10.5 Å². The highest BCUT2D eigenvalue weighted by Gasteiger charge is 2.23. The first-order chi connectivity index (χ1) is 11.1. The van der Waals surface area contributed by atoms with E-state index in [4.69, 9.17) is 11.6 Å². The standard InChI is InChI=1S/C17H17ClN2O2S/c1-2-19-17(22)20-16(21)15(12-6-4-3-5-7-12)23-14-10-8-13(18)9-11-14/h3-11,15H,2H2,1H3,(H2,19,20,21,22)/t15-/m0/s1. The van der Waals surface area contributed by atoms with Gasteiger partial charge in [0.25, 0.3) is 0 Å². The van der Waals surface area contributed by atoms with E-state index < -0.39 is 11.3 Å². The molecule has 2 N–H and O–H groups in total. The van der Waals surface area contributed by atoms with E-state index in [1.165, 1.54) is 11.8 Å². The fourth-order valence-electron chi connectivity index (χ4n) is 1.93. The van der Waals surface area contributed by atoms with Gasteiger partial charge in [0, 0.05) is 16.5 Å². The minimum absolute atomic E-state index is 0.359. The second-order valence-electron chi connectivity index (χ2n) is 4.71. The number of urea groups is 1. The zero-order valence-electron chi connectivity index (χ0n) is 12.6. The van der Waals surface area contributed by atoms with Gasteiger partial charge in [0.15, 0.2) is 0 Å². The van der Waals surface area contributed by atoms with Crippen molar-refractivity contribution >= 4 is 35.3 Å². The summed E-state index contributed by atoms with van der Waals surface area (Å²) in [6.45, 7) is 2.25. The maximum atomic E-state index is 12.5. The van der Waals surface area contributed by atoms with E-state index in [2.05, 4.69) is 10.6 Å². The molecule has 0 radical (unpaired) electrons. The van der Waals surface area contributed by atoms with Crippen molar-refractivity contribution < 1.29 is 9.59 Å². The number of hydrogen-bond acceptors (Lipinski definition) is 3. The summed E-state index contributed by atoms with van der Waals surface area (Å²) in [7, 11) is 0. The first kappa shape index (κ1) is 17.4. The lowest BCUT2D eigenvalue weighted by Crippen LogP contribution is -2.41. The maximum Gasteiger partial charge on any atom is 0.321 e. The molecule has 0 spiro atoms. The SMILES string of the molecule is CCNC(=O)NC(=O)[C@@H](Sc1ccc(Cl)cc1)c1ccccc1. The Morgan fingerprint density at radius 2 is 1.74 bits per heavy atom. The van der Waals surface area contributed by atoms with Crippen LogP contribution < -0.4 is 10.6 Å². The Hall–Kier alpha value is -1.98. The second-order valence-corrected chi connectivity index (χ2v) is 6.33. The number of nitrogens with one attached hydrogen (secondary N) is 2. The van der Waals surface area contributed by atoms with Crippen LogP contribution in [-0.4, -0.2) is 18.5 Å². The normalized spacial score (nSPS) is 11.6. The molecule has 0 aliphatic heterocycles. The van der Waals surface area contributed by atoms with Crippen LogP contribution in [0.15, 0.2) is 59.5 Å². The third-order valence-corrected chi connectivity index (χ3v) is 4.50. The van der Waals surface area contributed by atoms with Crippen molar-refractivity contribution in [2.75, 3.05) is 6.54 Å². The van der Waals surface area contributed by atoms with Gasteiger partial charge in [-0.25, -0.2) is 4.79 Å². The van der Waals surface area contributed by atoms with Gasteiger partial charge < -0.3 is 5.32 Å². The number of imide groups is 1. The number of halogens is 1. The Labute approximate surface area is 144 Å². The molecule has 23 heavy (non-hydrogen) atoms. The molecule has 0 bridgehead atoms. The Bertz CT molecular complexity index is 662. The predicted molar refractivity (Wildman–Crippen MR) is 93.7 cm³/mol. The average molecular weight is 349 g/mol. The molecule has 0 heterocycles. The average Bonchev–Trinajstić information content (AvgIpc) is 2.55. The van der Waals surface area contributed by atoms with Crippen LogP contribution in [0.1, 0.15) is 17.7 Å². The number of rotatable bonds is 5. The van der Waals surface area contributed by atoms with Gasteiger partial charge in [0.1, 0.15) is 5.25 Å². The van der Waals surface area contributed by atoms with Crippen molar-refractivity contribution in [1.29, 1.82) is 0 Å². The molecule has 0 aliphatic carbocycles. The molecule has 2 rings (SSSR count). The highest BCUT2D eigenvalue weighted by atomic mass is 35.5. The highest BCUT2D eigenvalue weighted by molar-refractivity contribution is 8.00. The fraction of sp³-hybridized carbons (Fsp3) is 0.176. The van der Waals surface area contributed by atoms with Crippen molar-refractivity contribution in [2.24, 2.45) is 0 Å². The summed E-state index contributed by atoms with van der Waals surface area (Å²) in [5, 5.41) is 5.04. The van der Waals surface area contributed by atoms with Crippen molar-refractivity contribution in [3.05, 3.63) is 65.2 Å². The van der Waals surface area contributed by atoms with E-state index in [1.807, 2.05) is 42.5 Å². The summed E-state index contributed by atoms with van der Waals surface area (Å²) < 4.78 is 0. The zero-order chi connectivity index (χ0) is 16.7. The lowest BCUT2D eigenvalue weighted by molar-refractivity contribution is -0.119. The number of thioether (sulfide) groups is 1. The molecule has 0 unspecified atom stereocenters. The van der Waals surface area contributed by atoms with Crippen molar-refractivity contribution in [3.63, 3.8) is 0 Å². The van der Waals surface area contributed by atoms with Crippen LogP contribution in [0.2, 0.25) is 5.02 Å². The van der Waals surface area contributed by atoms with Gasteiger partial charge in [0.2, 0.25) is 5.91 Å². The largest absolute Gasteiger partial charge is 0.338 e. The van der Waals surface area contributed by atoms with Crippen molar-refractivity contribution in [2.45, 2.75) is 17.1 Å². The van der Waals surface area contributed by atoms with E-state index in [1.54, 1.807) is 19.1 Å². The van der Waals surface area contributed by atoms with Crippen LogP contribution in [0.4, 0.5) is 4.79 Å². The zero-order valence-corrected chi connectivity index (χ0v) is 14.2. The predicted octanol–water partition coefficient (Wildman–Crippen LogP) is 4.02. The molecule has 1 atom stereocenters. The molecule has 3 amide bonds. The Morgan fingerprint density at radius 1 is 1.09 bits per heavy atom. The van der Waals surface area contributed by atoms with Gasteiger partial charge >= 0.3 is 6.03 Å². The van der Waals surface area contributed by atoms with Crippen LogP contribution in [0.3, 0.4) is 0 Å². The number of carbonyl (C=O) groups excluding carboxylic acids is 2. The Kier molecular flexibility index (Phi) is 6.50. The highest BCUT2D eigenvalue weighted by Crippen LogP contribution is 2.35. The van der Waals surface area contributed by atoms with E-state index in [-0.39, 0.29) is 5.91 Å². The monoisotopic (exact) mass is 348 g/mol. The fourth-order valence-corrected chi connectivity index (χ4v) is 3.08. The molecule has 2 aromatic carbocycles. The van der Waals surface area contributed by atoms with Crippen LogP contribution in [0.25, 0.3) is 0 Å². The van der Waals surface area contributed by atoms with Crippen molar-refractivity contribution in [3.8, 4) is 0 Å². The van der Waals surface area contributed by atoms with E-state index >= 15 is 0 Å². The lowest BCUT2D eigenvalue weighted by Gasteiger charge is -2.16. The maximum absolute atomic E-state index is 12.5. The molecule has 0 aliphatic rings. The third-order valence-electron chi connectivity index (χ3n) is 2.98.